The number of nitrogen functional groups attached to an aromatic ring is 1. The maximum atomic E-state index is 11.9. The number of carbonyl (C=O) groups excluding carboxylic acids is 2. The van der Waals surface area contributed by atoms with Gasteiger partial charge in [0.15, 0.2) is 0 Å². The highest BCUT2D eigenvalue weighted by molar-refractivity contribution is 7.19. The summed E-state index contributed by atoms with van der Waals surface area (Å²) < 4.78 is 0. The van der Waals surface area contributed by atoms with Crippen molar-refractivity contribution in [2.75, 3.05) is 31.7 Å². The van der Waals surface area contributed by atoms with E-state index in [4.69, 9.17) is 5.73 Å². The van der Waals surface area contributed by atoms with Gasteiger partial charge in [0.05, 0.1) is 11.3 Å². The molecule has 0 atom stereocenters. The summed E-state index contributed by atoms with van der Waals surface area (Å²) in [4.78, 5) is 24.0. The second kappa shape index (κ2) is 7.14. The Hall–Kier alpha value is -1.76. The Bertz CT molecular complexity index is 497. The fraction of sp³-hybridized carbons (Fsp3) is 0.538. The first-order valence-electron chi connectivity index (χ1n) is 6.52. The zero-order valence-corrected chi connectivity index (χ0v) is 13.1. The van der Waals surface area contributed by atoms with Gasteiger partial charge in [-0.25, -0.2) is 0 Å². The molecule has 1 rings (SSSR count). The third kappa shape index (κ3) is 3.63. The SMILES string of the molecule is CNC(=O)c1sc(NCCC(C)C)c(C(=O)NC)c1N. The topological polar surface area (TPSA) is 96.2 Å². The van der Waals surface area contributed by atoms with Crippen LogP contribution in [0.2, 0.25) is 0 Å². The third-order valence-corrected chi connectivity index (χ3v) is 4.00. The number of hydrogen-bond donors (Lipinski definition) is 4. The van der Waals surface area contributed by atoms with Crippen molar-refractivity contribution in [1.29, 1.82) is 0 Å². The van der Waals surface area contributed by atoms with E-state index in [0.29, 0.717) is 21.4 Å². The van der Waals surface area contributed by atoms with Gasteiger partial charge in [0.25, 0.3) is 11.8 Å². The standard InChI is InChI=1S/C13H22N4O2S/c1-7(2)5-6-17-13-8(11(18)15-3)9(14)10(20-13)12(19)16-4/h7,17H,5-6,14H2,1-4H3,(H,15,18)(H,16,19). The summed E-state index contributed by atoms with van der Waals surface area (Å²) in [5, 5.41) is 8.91. The van der Waals surface area contributed by atoms with Crippen LogP contribution in [0.25, 0.3) is 0 Å². The second-order valence-electron chi connectivity index (χ2n) is 4.82. The predicted octanol–water partition coefficient (Wildman–Crippen LogP) is 1.51. The Balaban J connectivity index is 3.07. The molecule has 5 N–H and O–H groups in total. The van der Waals surface area contributed by atoms with Crippen LogP contribution in [0.1, 0.15) is 40.3 Å². The van der Waals surface area contributed by atoms with Crippen molar-refractivity contribution in [1.82, 2.24) is 10.6 Å². The van der Waals surface area contributed by atoms with Gasteiger partial charge in [-0.05, 0) is 12.3 Å². The van der Waals surface area contributed by atoms with Gasteiger partial charge in [0, 0.05) is 20.6 Å². The lowest BCUT2D eigenvalue weighted by molar-refractivity contribution is 0.0963. The van der Waals surface area contributed by atoms with Crippen LogP contribution in [-0.2, 0) is 0 Å². The Morgan fingerprint density at radius 2 is 1.80 bits per heavy atom. The molecule has 7 heteroatoms. The quantitative estimate of drug-likeness (QED) is 0.640. The number of hydrogen-bond acceptors (Lipinski definition) is 5. The summed E-state index contributed by atoms with van der Waals surface area (Å²) in [6.45, 7) is 4.98. The van der Waals surface area contributed by atoms with Crippen molar-refractivity contribution in [3.63, 3.8) is 0 Å². The van der Waals surface area contributed by atoms with Crippen molar-refractivity contribution in [2.24, 2.45) is 5.92 Å². The molecule has 0 aromatic carbocycles. The molecule has 20 heavy (non-hydrogen) atoms. The average Bonchev–Trinajstić information content (AvgIpc) is 2.73. The van der Waals surface area contributed by atoms with Crippen LogP contribution in [0.4, 0.5) is 10.7 Å². The Morgan fingerprint density at radius 1 is 1.20 bits per heavy atom. The Kier molecular flexibility index (Phi) is 5.82. The van der Waals surface area contributed by atoms with E-state index in [2.05, 4.69) is 29.8 Å². The molecule has 0 fully saturated rings. The maximum absolute atomic E-state index is 11.9. The Morgan fingerprint density at radius 3 is 2.30 bits per heavy atom. The molecule has 2 amide bonds. The summed E-state index contributed by atoms with van der Waals surface area (Å²) in [5.74, 6) is -0.0165. The number of nitrogens with two attached hydrogens (primary N) is 1. The number of nitrogens with one attached hydrogen (secondary N) is 3. The number of carbonyl (C=O) groups is 2. The monoisotopic (exact) mass is 298 g/mol. The van der Waals surface area contributed by atoms with Crippen molar-refractivity contribution in [2.45, 2.75) is 20.3 Å². The molecule has 0 aliphatic carbocycles. The minimum absolute atomic E-state index is 0.223. The van der Waals surface area contributed by atoms with Crippen LogP contribution in [-0.4, -0.2) is 32.5 Å². The summed E-state index contributed by atoms with van der Waals surface area (Å²) in [5.41, 5.74) is 6.51. The lowest BCUT2D eigenvalue weighted by atomic mass is 10.1. The van der Waals surface area contributed by atoms with Gasteiger partial charge < -0.3 is 21.7 Å². The van der Waals surface area contributed by atoms with E-state index < -0.39 is 0 Å². The zero-order chi connectivity index (χ0) is 15.3. The molecule has 0 aliphatic rings. The normalized spacial score (nSPS) is 10.4. The minimum atomic E-state index is -0.291. The van der Waals surface area contributed by atoms with Crippen LogP contribution >= 0.6 is 11.3 Å². The number of thiophene rings is 1. The van der Waals surface area contributed by atoms with Gasteiger partial charge >= 0.3 is 0 Å². The average molecular weight is 298 g/mol. The van der Waals surface area contributed by atoms with Gasteiger partial charge in [-0.2, -0.15) is 0 Å². The number of rotatable bonds is 6. The lowest BCUT2D eigenvalue weighted by Crippen LogP contribution is -2.21. The molecule has 0 unspecified atom stereocenters. The Labute approximate surface area is 123 Å². The van der Waals surface area contributed by atoms with Crippen LogP contribution in [0.15, 0.2) is 0 Å². The molecule has 1 heterocycles. The fourth-order valence-electron chi connectivity index (χ4n) is 1.68. The van der Waals surface area contributed by atoms with Crippen molar-refractivity contribution in [3.8, 4) is 0 Å². The largest absolute Gasteiger partial charge is 0.397 e. The molecule has 0 spiro atoms. The first-order chi connectivity index (χ1) is 9.42. The van der Waals surface area contributed by atoms with E-state index in [1.807, 2.05) is 0 Å². The van der Waals surface area contributed by atoms with Gasteiger partial charge in [0.2, 0.25) is 0 Å². The van der Waals surface area contributed by atoms with Crippen molar-refractivity contribution >= 4 is 33.8 Å². The van der Waals surface area contributed by atoms with Gasteiger partial charge in [-0.15, -0.1) is 11.3 Å². The second-order valence-corrected chi connectivity index (χ2v) is 5.84. The van der Waals surface area contributed by atoms with Crippen LogP contribution in [0.3, 0.4) is 0 Å². The highest BCUT2D eigenvalue weighted by atomic mass is 32.1. The zero-order valence-electron chi connectivity index (χ0n) is 12.3. The lowest BCUT2D eigenvalue weighted by Gasteiger charge is -2.08. The van der Waals surface area contributed by atoms with Crippen molar-refractivity contribution < 1.29 is 9.59 Å². The predicted molar refractivity (Wildman–Crippen MR) is 83.5 cm³/mol. The number of anilines is 2. The molecular weight excluding hydrogens is 276 g/mol. The van der Waals surface area contributed by atoms with Crippen LogP contribution in [0.5, 0.6) is 0 Å². The van der Waals surface area contributed by atoms with E-state index in [0.717, 1.165) is 13.0 Å². The summed E-state index contributed by atoms with van der Waals surface area (Å²) in [6.07, 6.45) is 0.973. The smallest absolute Gasteiger partial charge is 0.263 e. The fourth-order valence-corrected chi connectivity index (χ4v) is 2.77. The van der Waals surface area contributed by atoms with E-state index in [1.54, 1.807) is 0 Å². The molecule has 0 radical (unpaired) electrons. The molecular formula is C13H22N4O2S. The molecule has 0 saturated heterocycles. The molecule has 1 aromatic rings. The van der Waals surface area contributed by atoms with Crippen LogP contribution < -0.4 is 21.7 Å². The molecule has 0 bridgehead atoms. The number of amides is 2. The third-order valence-electron chi connectivity index (χ3n) is 2.84. The first-order valence-corrected chi connectivity index (χ1v) is 7.34. The van der Waals surface area contributed by atoms with Gasteiger partial charge in [0.1, 0.15) is 9.88 Å². The first kappa shape index (κ1) is 16.3. The van der Waals surface area contributed by atoms with E-state index in [1.165, 1.54) is 25.4 Å². The van der Waals surface area contributed by atoms with E-state index in [-0.39, 0.29) is 17.5 Å². The molecule has 6 nitrogen and oxygen atoms in total. The highest BCUT2D eigenvalue weighted by Gasteiger charge is 2.24. The van der Waals surface area contributed by atoms with Gasteiger partial charge in [-0.1, -0.05) is 13.8 Å². The molecule has 0 aliphatic heterocycles. The summed E-state index contributed by atoms with van der Waals surface area (Å²) in [6, 6.07) is 0. The molecule has 1 aromatic heterocycles. The summed E-state index contributed by atoms with van der Waals surface area (Å²) >= 11 is 1.21. The maximum Gasteiger partial charge on any atom is 0.263 e. The highest BCUT2D eigenvalue weighted by Crippen LogP contribution is 2.35. The molecule has 0 saturated carbocycles. The van der Waals surface area contributed by atoms with Crippen molar-refractivity contribution in [3.05, 3.63) is 10.4 Å². The van der Waals surface area contributed by atoms with Crippen LogP contribution in [0, 0.1) is 5.92 Å². The molecule has 112 valence electrons. The minimum Gasteiger partial charge on any atom is -0.397 e. The van der Waals surface area contributed by atoms with E-state index in [9.17, 15) is 9.59 Å². The summed E-state index contributed by atoms with van der Waals surface area (Å²) in [7, 11) is 3.07. The van der Waals surface area contributed by atoms with Gasteiger partial charge in [-0.3, -0.25) is 9.59 Å². The van der Waals surface area contributed by atoms with E-state index >= 15 is 0 Å².